The zero-order valence-electron chi connectivity index (χ0n) is 16.2. The van der Waals surface area contributed by atoms with Gasteiger partial charge in [-0.15, -0.1) is 11.6 Å². The van der Waals surface area contributed by atoms with Gasteiger partial charge in [-0.1, -0.05) is 18.2 Å². The van der Waals surface area contributed by atoms with Crippen LogP contribution in [0.15, 0.2) is 73.1 Å². The van der Waals surface area contributed by atoms with Crippen LogP contribution in [-0.2, 0) is 0 Å². The van der Waals surface area contributed by atoms with Crippen LogP contribution in [0, 0.1) is 10.1 Å². The predicted molar refractivity (Wildman–Crippen MR) is 119 cm³/mol. The van der Waals surface area contributed by atoms with Crippen LogP contribution in [0.2, 0.25) is 0 Å². The standard InChI is InChI=1S/C22H17ClN4O4/c23-12-13-30-21-19(27(28)29)11-10-18-20(21)22(25-14-24-18)26-15-6-8-17(9-7-15)31-16-4-2-1-3-5-16/h1-11,14H,12-13H2,(H,24,25,26). The molecule has 0 aliphatic heterocycles. The monoisotopic (exact) mass is 436 g/mol. The molecule has 1 aromatic heterocycles. The molecule has 0 amide bonds. The Morgan fingerprint density at radius 1 is 0.968 bits per heavy atom. The van der Waals surface area contributed by atoms with Crippen molar-refractivity contribution in [1.29, 1.82) is 0 Å². The highest BCUT2D eigenvalue weighted by molar-refractivity contribution is 6.18. The predicted octanol–water partition coefficient (Wildman–Crippen LogP) is 5.69. The topological polar surface area (TPSA) is 99.4 Å². The Kier molecular flexibility index (Phi) is 6.09. The van der Waals surface area contributed by atoms with E-state index in [0.717, 1.165) is 11.4 Å². The first kappa shape index (κ1) is 20.4. The number of nitro benzene ring substituents is 1. The van der Waals surface area contributed by atoms with Crippen LogP contribution in [-0.4, -0.2) is 27.4 Å². The third-order valence-electron chi connectivity index (χ3n) is 4.35. The fraction of sp³-hybridized carbons (Fsp3) is 0.0909. The van der Waals surface area contributed by atoms with E-state index < -0.39 is 4.92 Å². The van der Waals surface area contributed by atoms with Gasteiger partial charge in [0.1, 0.15) is 30.3 Å². The van der Waals surface area contributed by atoms with Gasteiger partial charge in [-0.2, -0.15) is 0 Å². The van der Waals surface area contributed by atoms with Crippen molar-refractivity contribution in [3.8, 4) is 17.2 Å². The van der Waals surface area contributed by atoms with Crippen molar-refractivity contribution >= 4 is 39.7 Å². The summed E-state index contributed by atoms with van der Waals surface area (Å²) in [6, 6.07) is 19.6. The molecule has 4 aromatic rings. The second-order valence-corrected chi connectivity index (χ2v) is 6.77. The first-order valence-electron chi connectivity index (χ1n) is 9.36. The molecule has 31 heavy (non-hydrogen) atoms. The lowest BCUT2D eigenvalue weighted by molar-refractivity contribution is -0.385. The largest absolute Gasteiger partial charge is 0.485 e. The number of para-hydroxylation sites is 1. The molecular weight excluding hydrogens is 420 g/mol. The third-order valence-corrected chi connectivity index (χ3v) is 4.51. The molecule has 0 aliphatic rings. The maximum Gasteiger partial charge on any atom is 0.311 e. The number of nitro groups is 1. The zero-order chi connectivity index (χ0) is 21.6. The molecule has 0 radical (unpaired) electrons. The van der Waals surface area contributed by atoms with Gasteiger partial charge in [0.15, 0.2) is 0 Å². The Morgan fingerprint density at radius 3 is 2.42 bits per heavy atom. The normalized spacial score (nSPS) is 10.6. The lowest BCUT2D eigenvalue weighted by atomic mass is 10.1. The molecule has 9 heteroatoms. The van der Waals surface area contributed by atoms with Crippen LogP contribution >= 0.6 is 11.6 Å². The molecule has 0 fully saturated rings. The molecule has 0 atom stereocenters. The Bertz CT molecular complexity index is 1200. The Balaban J connectivity index is 1.66. The van der Waals surface area contributed by atoms with Crippen molar-refractivity contribution in [2.24, 2.45) is 0 Å². The fourth-order valence-corrected chi connectivity index (χ4v) is 3.08. The number of alkyl halides is 1. The number of nitrogens with one attached hydrogen (secondary N) is 1. The Morgan fingerprint density at radius 2 is 1.71 bits per heavy atom. The average molecular weight is 437 g/mol. The zero-order valence-corrected chi connectivity index (χ0v) is 17.0. The van der Waals surface area contributed by atoms with Gasteiger partial charge in [0.2, 0.25) is 5.75 Å². The quantitative estimate of drug-likeness (QED) is 0.215. The SMILES string of the molecule is O=[N+]([O-])c1ccc2ncnc(Nc3ccc(Oc4ccccc4)cc3)c2c1OCCCl. The van der Waals surface area contributed by atoms with E-state index in [0.29, 0.717) is 22.5 Å². The van der Waals surface area contributed by atoms with E-state index in [1.165, 1.54) is 12.4 Å². The summed E-state index contributed by atoms with van der Waals surface area (Å²) in [5.74, 6) is 2.06. The number of hydrogen-bond acceptors (Lipinski definition) is 7. The molecule has 0 spiro atoms. The summed E-state index contributed by atoms with van der Waals surface area (Å²) in [5.41, 5.74) is 1.05. The third kappa shape index (κ3) is 4.65. The highest BCUT2D eigenvalue weighted by Gasteiger charge is 2.22. The second kappa shape index (κ2) is 9.27. The summed E-state index contributed by atoms with van der Waals surface area (Å²) in [6.45, 7) is 0.112. The minimum Gasteiger partial charge on any atom is -0.485 e. The summed E-state index contributed by atoms with van der Waals surface area (Å²) in [4.78, 5) is 19.5. The lowest BCUT2D eigenvalue weighted by Crippen LogP contribution is -2.04. The lowest BCUT2D eigenvalue weighted by Gasteiger charge is -2.13. The molecule has 156 valence electrons. The van der Waals surface area contributed by atoms with Gasteiger partial charge in [0, 0.05) is 11.8 Å². The van der Waals surface area contributed by atoms with E-state index in [1.807, 2.05) is 54.6 Å². The maximum absolute atomic E-state index is 11.5. The van der Waals surface area contributed by atoms with Crippen molar-refractivity contribution in [3.63, 3.8) is 0 Å². The van der Waals surface area contributed by atoms with E-state index in [4.69, 9.17) is 21.1 Å². The van der Waals surface area contributed by atoms with Crippen LogP contribution in [0.4, 0.5) is 17.2 Å². The molecular formula is C22H17ClN4O4. The minimum absolute atomic E-state index is 0.0790. The fourth-order valence-electron chi connectivity index (χ4n) is 3.00. The van der Waals surface area contributed by atoms with Gasteiger partial charge in [-0.05, 0) is 42.5 Å². The van der Waals surface area contributed by atoms with Gasteiger partial charge >= 0.3 is 5.69 Å². The molecule has 1 N–H and O–H groups in total. The molecule has 0 saturated heterocycles. The first-order chi connectivity index (χ1) is 15.2. The van der Waals surface area contributed by atoms with Crippen LogP contribution < -0.4 is 14.8 Å². The molecule has 0 aliphatic carbocycles. The van der Waals surface area contributed by atoms with E-state index in [-0.39, 0.29) is 23.9 Å². The molecule has 1 heterocycles. The van der Waals surface area contributed by atoms with Crippen LogP contribution in [0.5, 0.6) is 17.2 Å². The van der Waals surface area contributed by atoms with Gasteiger partial charge in [-0.25, -0.2) is 9.97 Å². The summed E-state index contributed by atoms with van der Waals surface area (Å²) < 4.78 is 11.4. The van der Waals surface area contributed by atoms with E-state index in [9.17, 15) is 10.1 Å². The number of anilines is 2. The van der Waals surface area contributed by atoms with E-state index in [2.05, 4.69) is 15.3 Å². The minimum atomic E-state index is -0.504. The molecule has 8 nitrogen and oxygen atoms in total. The summed E-state index contributed by atoms with van der Waals surface area (Å²) in [6.07, 6.45) is 1.38. The first-order valence-corrected chi connectivity index (χ1v) is 9.90. The van der Waals surface area contributed by atoms with Crippen molar-refractivity contribution in [1.82, 2.24) is 9.97 Å². The maximum atomic E-state index is 11.5. The van der Waals surface area contributed by atoms with Crippen LogP contribution in [0.1, 0.15) is 0 Å². The summed E-state index contributed by atoms with van der Waals surface area (Å²) >= 11 is 5.72. The van der Waals surface area contributed by atoms with Crippen LogP contribution in [0.3, 0.4) is 0 Å². The number of nitrogens with zero attached hydrogens (tertiary/aromatic N) is 3. The number of ether oxygens (including phenoxy) is 2. The van der Waals surface area contributed by atoms with Gasteiger partial charge < -0.3 is 14.8 Å². The number of benzene rings is 3. The number of halogens is 1. The van der Waals surface area contributed by atoms with Crippen LogP contribution in [0.25, 0.3) is 10.9 Å². The van der Waals surface area contributed by atoms with Crippen molar-refractivity contribution in [3.05, 3.63) is 83.2 Å². The van der Waals surface area contributed by atoms with Gasteiger partial charge in [0.05, 0.1) is 21.7 Å². The van der Waals surface area contributed by atoms with Gasteiger partial charge in [0.25, 0.3) is 0 Å². The number of aromatic nitrogens is 2. The van der Waals surface area contributed by atoms with E-state index in [1.54, 1.807) is 6.07 Å². The summed E-state index contributed by atoms with van der Waals surface area (Å²) in [5, 5.41) is 15.1. The average Bonchev–Trinajstić information content (AvgIpc) is 2.79. The molecule has 3 aromatic carbocycles. The van der Waals surface area contributed by atoms with Crippen molar-refractivity contribution in [2.45, 2.75) is 0 Å². The van der Waals surface area contributed by atoms with E-state index >= 15 is 0 Å². The Labute approximate surface area is 182 Å². The number of fused-ring (bicyclic) bond motifs is 1. The van der Waals surface area contributed by atoms with Gasteiger partial charge in [-0.3, -0.25) is 10.1 Å². The highest BCUT2D eigenvalue weighted by Crippen LogP contribution is 2.39. The molecule has 0 unspecified atom stereocenters. The smallest absolute Gasteiger partial charge is 0.311 e. The van der Waals surface area contributed by atoms with Crippen molar-refractivity contribution < 1.29 is 14.4 Å². The summed E-state index contributed by atoms with van der Waals surface area (Å²) in [7, 11) is 0. The number of rotatable bonds is 8. The molecule has 4 rings (SSSR count). The highest BCUT2D eigenvalue weighted by atomic mass is 35.5. The number of hydrogen-bond donors (Lipinski definition) is 1. The second-order valence-electron chi connectivity index (χ2n) is 6.39. The Hall–Kier alpha value is -3.91. The van der Waals surface area contributed by atoms with Crippen molar-refractivity contribution in [2.75, 3.05) is 17.8 Å². The molecule has 0 bridgehead atoms. The molecule has 0 saturated carbocycles.